The highest BCUT2D eigenvalue weighted by Gasteiger charge is 2.30. The highest BCUT2D eigenvalue weighted by molar-refractivity contribution is 7.89. The lowest BCUT2D eigenvalue weighted by atomic mass is 10.1. The van der Waals surface area contributed by atoms with E-state index in [1.165, 1.54) is 30.3 Å². The van der Waals surface area contributed by atoms with Gasteiger partial charge >= 0.3 is 6.18 Å². The number of halogens is 5. The summed E-state index contributed by atoms with van der Waals surface area (Å²) in [5, 5.41) is 0.261. The zero-order valence-electron chi connectivity index (χ0n) is 11.4. The Balaban J connectivity index is 2.18. The summed E-state index contributed by atoms with van der Waals surface area (Å²) in [6, 6.07) is 8.15. The predicted molar refractivity (Wildman–Crippen MR) is 81.9 cm³/mol. The first-order valence-corrected chi connectivity index (χ1v) is 8.44. The minimum atomic E-state index is -4.49. The molecular weight excluding hydrogens is 374 g/mol. The van der Waals surface area contributed by atoms with Crippen molar-refractivity contribution in [3.63, 3.8) is 0 Å². The maximum atomic E-state index is 12.6. The lowest BCUT2D eigenvalue weighted by Crippen LogP contribution is -2.23. The van der Waals surface area contributed by atoms with Gasteiger partial charge < -0.3 is 0 Å². The van der Waals surface area contributed by atoms with Crippen LogP contribution in [0.4, 0.5) is 13.2 Å². The fourth-order valence-electron chi connectivity index (χ4n) is 1.76. The minimum Gasteiger partial charge on any atom is -0.207 e. The molecule has 3 nitrogen and oxygen atoms in total. The quantitative estimate of drug-likeness (QED) is 0.845. The van der Waals surface area contributed by atoms with Crippen molar-refractivity contribution in [2.24, 2.45) is 0 Å². The van der Waals surface area contributed by atoms with Gasteiger partial charge in [0.05, 0.1) is 20.5 Å². The lowest BCUT2D eigenvalue weighted by molar-refractivity contribution is -0.137. The van der Waals surface area contributed by atoms with Gasteiger partial charge in [0.15, 0.2) is 0 Å². The Morgan fingerprint density at radius 3 is 2.30 bits per heavy atom. The predicted octanol–water partition coefficient (Wildman–Crippen LogP) is 4.49. The zero-order chi connectivity index (χ0) is 17.3. The fourth-order valence-corrected chi connectivity index (χ4v) is 3.17. The first-order valence-electron chi connectivity index (χ1n) is 6.20. The van der Waals surface area contributed by atoms with E-state index >= 15 is 0 Å². The topological polar surface area (TPSA) is 46.2 Å². The molecule has 23 heavy (non-hydrogen) atoms. The van der Waals surface area contributed by atoms with Crippen molar-refractivity contribution in [1.82, 2.24) is 4.72 Å². The average Bonchev–Trinajstić information content (AvgIpc) is 2.47. The number of sulfonamides is 1. The third kappa shape index (κ3) is 4.60. The summed E-state index contributed by atoms with van der Waals surface area (Å²) in [5.41, 5.74) is -0.660. The molecule has 0 amide bonds. The molecule has 0 aliphatic carbocycles. The second-order valence-corrected chi connectivity index (χ2v) is 7.18. The largest absolute Gasteiger partial charge is 0.416 e. The minimum absolute atomic E-state index is 0.0635. The Kier molecular flexibility index (Phi) is 5.25. The molecule has 2 aromatic carbocycles. The number of rotatable bonds is 4. The molecule has 0 saturated carbocycles. The van der Waals surface area contributed by atoms with Crippen LogP contribution in [0, 0.1) is 0 Å². The zero-order valence-corrected chi connectivity index (χ0v) is 13.7. The van der Waals surface area contributed by atoms with Gasteiger partial charge in [0.1, 0.15) is 0 Å². The lowest BCUT2D eigenvalue weighted by Gasteiger charge is -2.10. The Morgan fingerprint density at radius 1 is 1.00 bits per heavy atom. The maximum absolute atomic E-state index is 12.6. The van der Waals surface area contributed by atoms with Gasteiger partial charge in [-0.15, -0.1) is 0 Å². The highest BCUT2D eigenvalue weighted by atomic mass is 35.5. The van der Waals surface area contributed by atoms with Crippen LogP contribution in [0.2, 0.25) is 10.0 Å². The van der Waals surface area contributed by atoms with Crippen molar-refractivity contribution >= 4 is 33.2 Å². The molecule has 0 aliphatic rings. The van der Waals surface area contributed by atoms with Crippen LogP contribution >= 0.6 is 23.2 Å². The van der Waals surface area contributed by atoms with E-state index in [1.807, 2.05) is 0 Å². The normalized spacial score (nSPS) is 12.4. The third-order valence-electron chi connectivity index (χ3n) is 2.92. The molecule has 0 saturated heterocycles. The molecular formula is C14H10Cl2F3NO2S. The summed E-state index contributed by atoms with van der Waals surface area (Å²) >= 11 is 11.5. The van der Waals surface area contributed by atoms with Crippen LogP contribution < -0.4 is 4.72 Å². The molecule has 0 spiro atoms. The standard InChI is InChI=1S/C14H10Cl2F3NO2S/c15-12-5-4-11(7-13(12)16)23(21,22)20-8-9-2-1-3-10(6-9)14(17,18)19/h1-7,20H,8H2. The molecule has 9 heteroatoms. The van der Waals surface area contributed by atoms with Crippen LogP contribution in [0.5, 0.6) is 0 Å². The van der Waals surface area contributed by atoms with Crippen LogP contribution in [0.15, 0.2) is 47.4 Å². The third-order valence-corrected chi connectivity index (χ3v) is 5.06. The fraction of sp³-hybridized carbons (Fsp3) is 0.143. The second kappa shape index (κ2) is 6.68. The molecule has 0 bridgehead atoms. The van der Waals surface area contributed by atoms with Gasteiger partial charge in [-0.05, 0) is 29.8 Å². The summed E-state index contributed by atoms with van der Waals surface area (Å²) in [5.74, 6) is 0. The van der Waals surface area contributed by atoms with E-state index in [0.29, 0.717) is 0 Å². The molecule has 0 heterocycles. The Labute approximate surface area is 141 Å². The smallest absolute Gasteiger partial charge is 0.207 e. The van der Waals surface area contributed by atoms with Crippen LogP contribution in [0.25, 0.3) is 0 Å². The summed E-state index contributed by atoms with van der Waals surface area (Å²) in [6.45, 7) is -0.285. The van der Waals surface area contributed by atoms with Crippen LogP contribution in [0.1, 0.15) is 11.1 Å². The SMILES string of the molecule is O=S(=O)(NCc1cccc(C(F)(F)F)c1)c1ccc(Cl)c(Cl)c1. The molecule has 0 atom stereocenters. The Hall–Kier alpha value is -1.28. The highest BCUT2D eigenvalue weighted by Crippen LogP contribution is 2.29. The van der Waals surface area contributed by atoms with E-state index < -0.39 is 21.8 Å². The molecule has 1 N–H and O–H groups in total. The second-order valence-electron chi connectivity index (χ2n) is 4.60. The molecule has 0 radical (unpaired) electrons. The summed E-state index contributed by atoms with van der Waals surface area (Å²) < 4.78 is 64.3. The monoisotopic (exact) mass is 383 g/mol. The van der Waals surface area contributed by atoms with Crippen molar-refractivity contribution in [2.75, 3.05) is 0 Å². The number of nitrogens with one attached hydrogen (secondary N) is 1. The molecule has 0 unspecified atom stereocenters. The Bertz CT molecular complexity index is 823. The first-order chi connectivity index (χ1) is 10.6. The van der Waals surface area contributed by atoms with Crippen LogP contribution in [0.3, 0.4) is 0 Å². The van der Waals surface area contributed by atoms with E-state index in [4.69, 9.17) is 23.2 Å². The Morgan fingerprint density at radius 2 is 1.70 bits per heavy atom. The molecule has 2 aromatic rings. The van der Waals surface area contributed by atoms with Crippen molar-refractivity contribution in [3.8, 4) is 0 Å². The van der Waals surface area contributed by atoms with Crippen molar-refractivity contribution in [1.29, 1.82) is 0 Å². The van der Waals surface area contributed by atoms with Gasteiger partial charge in [0.2, 0.25) is 10.0 Å². The average molecular weight is 384 g/mol. The number of hydrogen-bond donors (Lipinski definition) is 1. The van der Waals surface area contributed by atoms with E-state index in [2.05, 4.69) is 4.72 Å². The number of hydrogen-bond acceptors (Lipinski definition) is 2. The number of alkyl halides is 3. The summed E-state index contributed by atoms with van der Waals surface area (Å²) in [4.78, 5) is -0.126. The summed E-state index contributed by atoms with van der Waals surface area (Å²) in [6.07, 6.45) is -4.49. The maximum Gasteiger partial charge on any atom is 0.416 e. The molecule has 0 fully saturated rings. The summed E-state index contributed by atoms with van der Waals surface area (Å²) in [7, 11) is -3.92. The van der Waals surface area contributed by atoms with Gasteiger partial charge in [-0.2, -0.15) is 13.2 Å². The van der Waals surface area contributed by atoms with E-state index in [-0.39, 0.29) is 27.0 Å². The molecule has 0 aromatic heterocycles. The number of benzene rings is 2. The van der Waals surface area contributed by atoms with Gasteiger partial charge in [-0.3, -0.25) is 0 Å². The van der Waals surface area contributed by atoms with E-state index in [0.717, 1.165) is 12.1 Å². The van der Waals surface area contributed by atoms with Crippen LogP contribution in [-0.4, -0.2) is 8.42 Å². The van der Waals surface area contributed by atoms with Gasteiger partial charge in [-0.25, -0.2) is 13.1 Å². The van der Waals surface area contributed by atoms with Crippen molar-refractivity contribution in [2.45, 2.75) is 17.6 Å². The van der Waals surface area contributed by atoms with Crippen molar-refractivity contribution < 1.29 is 21.6 Å². The van der Waals surface area contributed by atoms with Crippen LogP contribution in [-0.2, 0) is 22.7 Å². The van der Waals surface area contributed by atoms with Gasteiger partial charge in [0.25, 0.3) is 0 Å². The van der Waals surface area contributed by atoms with Gasteiger partial charge in [-0.1, -0.05) is 41.4 Å². The molecule has 124 valence electrons. The molecule has 0 aliphatic heterocycles. The van der Waals surface area contributed by atoms with Gasteiger partial charge in [0, 0.05) is 6.54 Å². The van der Waals surface area contributed by atoms with E-state index in [1.54, 1.807) is 0 Å². The van der Waals surface area contributed by atoms with E-state index in [9.17, 15) is 21.6 Å². The van der Waals surface area contributed by atoms with Crippen molar-refractivity contribution in [3.05, 3.63) is 63.6 Å². The first kappa shape index (κ1) is 18.1. The molecule has 2 rings (SSSR count).